The number of esters is 1. The lowest BCUT2D eigenvalue weighted by Gasteiger charge is -2.29. The van der Waals surface area contributed by atoms with Crippen LogP contribution >= 0.6 is 0 Å². The van der Waals surface area contributed by atoms with Gasteiger partial charge in [0.15, 0.2) is 0 Å². The van der Waals surface area contributed by atoms with Gasteiger partial charge in [-0.1, -0.05) is 55.3 Å². The third-order valence-corrected chi connectivity index (χ3v) is 6.53. The fourth-order valence-corrected chi connectivity index (χ4v) is 4.61. The second kappa shape index (κ2) is 12.5. The van der Waals surface area contributed by atoms with E-state index in [1.807, 2.05) is 42.5 Å². The minimum absolute atomic E-state index is 0.0514. The topological polar surface area (TPSA) is 105 Å². The van der Waals surface area contributed by atoms with Crippen LogP contribution in [0.4, 0.5) is 0 Å². The summed E-state index contributed by atoms with van der Waals surface area (Å²) in [6.07, 6.45) is 10.1. The van der Waals surface area contributed by atoms with Gasteiger partial charge in [-0.2, -0.15) is 0 Å². The molecule has 3 N–H and O–H groups in total. The molecule has 0 saturated heterocycles. The number of rotatable bonds is 6. The zero-order valence-electron chi connectivity index (χ0n) is 19.3. The number of nitrogens with one attached hydrogen (secondary N) is 2. The number of amides is 2. The molecular weight excluding hydrogens is 420 g/mol. The Morgan fingerprint density at radius 1 is 1.12 bits per heavy atom. The highest BCUT2D eigenvalue weighted by molar-refractivity contribution is 5.86. The monoisotopic (exact) mass is 456 g/mol. The Morgan fingerprint density at radius 3 is 2.61 bits per heavy atom. The lowest BCUT2D eigenvalue weighted by molar-refractivity contribution is -0.145. The van der Waals surface area contributed by atoms with Crippen molar-refractivity contribution >= 4 is 17.8 Å². The molecule has 1 aliphatic heterocycles. The van der Waals surface area contributed by atoms with E-state index in [2.05, 4.69) is 10.6 Å². The van der Waals surface area contributed by atoms with E-state index in [0.717, 1.165) is 37.7 Å². The minimum atomic E-state index is -0.559. The first-order valence-corrected chi connectivity index (χ1v) is 12.1. The van der Waals surface area contributed by atoms with Gasteiger partial charge >= 0.3 is 5.97 Å². The minimum Gasteiger partial charge on any atom is -0.463 e. The van der Waals surface area contributed by atoms with Crippen LogP contribution in [-0.4, -0.2) is 47.7 Å². The van der Waals surface area contributed by atoms with Crippen LogP contribution in [0.15, 0.2) is 42.5 Å². The Bertz CT molecular complexity index is 817. The zero-order valence-corrected chi connectivity index (χ0v) is 19.3. The molecule has 2 atom stereocenters. The fraction of sp³-hybridized carbons (Fsp3) is 0.577. The molecule has 2 aliphatic rings. The van der Waals surface area contributed by atoms with Crippen molar-refractivity contribution in [3.63, 3.8) is 0 Å². The second-order valence-electron chi connectivity index (χ2n) is 9.27. The predicted molar refractivity (Wildman–Crippen MR) is 125 cm³/mol. The van der Waals surface area contributed by atoms with Crippen LogP contribution in [0.3, 0.4) is 0 Å². The van der Waals surface area contributed by atoms with Gasteiger partial charge in [-0.15, -0.1) is 0 Å². The predicted octanol–water partition coefficient (Wildman–Crippen LogP) is 2.81. The molecule has 33 heavy (non-hydrogen) atoms. The fourth-order valence-electron chi connectivity index (χ4n) is 4.61. The highest BCUT2D eigenvalue weighted by atomic mass is 16.5. The van der Waals surface area contributed by atoms with Crippen LogP contribution in [0.2, 0.25) is 0 Å². The Labute approximate surface area is 196 Å². The van der Waals surface area contributed by atoms with E-state index in [4.69, 9.17) is 4.74 Å². The largest absolute Gasteiger partial charge is 0.463 e. The molecule has 1 heterocycles. The number of aliphatic hydroxyl groups is 1. The molecule has 1 fully saturated rings. The van der Waals surface area contributed by atoms with Crippen molar-refractivity contribution in [2.24, 2.45) is 5.92 Å². The molecule has 0 unspecified atom stereocenters. The SMILES string of the molecule is O=C(C[C@H]1C/C=C\CCCC(=O)OC[C@@H](Cc2ccccc2)NC1=O)NC1(CO)CCCC1. The molecule has 1 saturated carbocycles. The lowest BCUT2D eigenvalue weighted by atomic mass is 9.95. The van der Waals surface area contributed by atoms with E-state index < -0.39 is 11.5 Å². The average molecular weight is 457 g/mol. The highest BCUT2D eigenvalue weighted by Gasteiger charge is 2.35. The van der Waals surface area contributed by atoms with Gasteiger partial charge in [0.05, 0.1) is 24.1 Å². The summed E-state index contributed by atoms with van der Waals surface area (Å²) >= 11 is 0. The number of carbonyl (C=O) groups is 3. The van der Waals surface area contributed by atoms with Gasteiger partial charge in [0.2, 0.25) is 11.8 Å². The Balaban J connectivity index is 1.70. The van der Waals surface area contributed by atoms with Crippen LogP contribution in [0.25, 0.3) is 0 Å². The molecule has 0 bridgehead atoms. The number of ether oxygens (including phenoxy) is 1. The molecule has 0 radical (unpaired) electrons. The summed E-state index contributed by atoms with van der Waals surface area (Å²) in [6.45, 7) is 0.0134. The normalized spacial score (nSPS) is 25.0. The lowest BCUT2D eigenvalue weighted by Crippen LogP contribution is -2.50. The van der Waals surface area contributed by atoms with Crippen molar-refractivity contribution in [2.75, 3.05) is 13.2 Å². The van der Waals surface area contributed by atoms with Crippen LogP contribution < -0.4 is 10.6 Å². The number of hydrogen-bond donors (Lipinski definition) is 3. The summed E-state index contributed by atoms with van der Waals surface area (Å²) in [4.78, 5) is 38.1. The molecule has 180 valence electrons. The van der Waals surface area contributed by atoms with Crippen molar-refractivity contribution in [3.05, 3.63) is 48.0 Å². The van der Waals surface area contributed by atoms with E-state index in [9.17, 15) is 19.5 Å². The summed E-state index contributed by atoms with van der Waals surface area (Å²) in [6, 6.07) is 9.35. The molecule has 7 nitrogen and oxygen atoms in total. The quantitative estimate of drug-likeness (QED) is 0.451. The molecule has 0 aromatic heterocycles. The second-order valence-corrected chi connectivity index (χ2v) is 9.27. The number of cyclic esters (lactones) is 1. The van der Waals surface area contributed by atoms with Crippen LogP contribution in [0.1, 0.15) is 63.4 Å². The molecule has 3 rings (SSSR count). The molecular formula is C26H36N2O5. The first-order chi connectivity index (χ1) is 16.0. The molecule has 7 heteroatoms. The van der Waals surface area contributed by atoms with E-state index in [1.54, 1.807) is 0 Å². The summed E-state index contributed by atoms with van der Waals surface area (Å²) in [7, 11) is 0. The molecule has 0 spiro atoms. The van der Waals surface area contributed by atoms with Gasteiger partial charge in [0.25, 0.3) is 0 Å². The number of aliphatic hydroxyl groups excluding tert-OH is 1. The van der Waals surface area contributed by atoms with E-state index in [1.165, 1.54) is 0 Å². The van der Waals surface area contributed by atoms with Crippen molar-refractivity contribution in [3.8, 4) is 0 Å². The third-order valence-electron chi connectivity index (χ3n) is 6.53. The summed E-state index contributed by atoms with van der Waals surface area (Å²) in [5.41, 5.74) is 0.472. The summed E-state index contributed by atoms with van der Waals surface area (Å²) in [5, 5.41) is 15.8. The van der Waals surface area contributed by atoms with Gasteiger partial charge in [0, 0.05) is 12.8 Å². The van der Waals surface area contributed by atoms with E-state index in [0.29, 0.717) is 25.7 Å². The standard InChI is InChI=1S/C26H36N2O5/c29-19-26(14-8-9-15-26)28-23(30)17-21-12-6-1-2-7-13-24(31)33-18-22(27-25(21)32)16-20-10-4-3-5-11-20/h1,3-6,10-11,21-22,29H,2,7-9,12-19H2,(H,27,32)(H,28,30)/b6-1-/t21-,22-/m1/s1. The first-order valence-electron chi connectivity index (χ1n) is 12.1. The first kappa shape index (κ1) is 25.0. The van der Waals surface area contributed by atoms with Crippen molar-refractivity contribution in [1.82, 2.24) is 10.6 Å². The molecule has 1 aromatic rings. The smallest absolute Gasteiger partial charge is 0.305 e. The number of hydrogen-bond acceptors (Lipinski definition) is 5. The third kappa shape index (κ3) is 8.00. The molecule has 1 aromatic carbocycles. The van der Waals surface area contributed by atoms with Gasteiger partial charge in [-0.3, -0.25) is 14.4 Å². The Morgan fingerprint density at radius 2 is 1.88 bits per heavy atom. The maximum atomic E-state index is 13.2. The van der Waals surface area contributed by atoms with Crippen molar-refractivity contribution < 1.29 is 24.2 Å². The van der Waals surface area contributed by atoms with Gasteiger partial charge in [0.1, 0.15) is 6.61 Å². The summed E-state index contributed by atoms with van der Waals surface area (Å²) < 4.78 is 5.44. The Kier molecular flexibility index (Phi) is 9.48. The average Bonchev–Trinajstić information content (AvgIpc) is 3.28. The number of allylic oxidation sites excluding steroid dienone is 2. The van der Waals surface area contributed by atoms with Crippen molar-refractivity contribution in [2.45, 2.75) is 75.8 Å². The molecule has 2 amide bonds. The molecule has 1 aliphatic carbocycles. The zero-order chi connectivity index (χ0) is 23.5. The van der Waals surface area contributed by atoms with Crippen LogP contribution in [0.5, 0.6) is 0 Å². The van der Waals surface area contributed by atoms with Gasteiger partial charge < -0.3 is 20.5 Å². The maximum absolute atomic E-state index is 13.2. The van der Waals surface area contributed by atoms with E-state index >= 15 is 0 Å². The maximum Gasteiger partial charge on any atom is 0.305 e. The van der Waals surface area contributed by atoms with Gasteiger partial charge in [-0.05, 0) is 44.1 Å². The number of benzene rings is 1. The highest BCUT2D eigenvalue weighted by Crippen LogP contribution is 2.29. The Hall–Kier alpha value is -2.67. The summed E-state index contributed by atoms with van der Waals surface area (Å²) in [5.74, 6) is -1.24. The van der Waals surface area contributed by atoms with Gasteiger partial charge in [-0.25, -0.2) is 0 Å². The van der Waals surface area contributed by atoms with Crippen LogP contribution in [-0.2, 0) is 25.5 Å². The van der Waals surface area contributed by atoms with Crippen molar-refractivity contribution in [1.29, 1.82) is 0 Å². The van der Waals surface area contributed by atoms with Crippen LogP contribution in [0, 0.1) is 5.92 Å². The van der Waals surface area contributed by atoms with E-state index in [-0.39, 0.29) is 43.5 Å². The number of carbonyl (C=O) groups excluding carboxylic acids is 3.